The second kappa shape index (κ2) is 7.63. The minimum absolute atomic E-state index is 0.102. The molecule has 4 rings (SSSR count). The number of nitrogens with one attached hydrogen (secondary N) is 1. The third-order valence-corrected chi connectivity index (χ3v) is 4.81. The zero-order chi connectivity index (χ0) is 19.5. The molecule has 0 radical (unpaired) electrons. The molecule has 144 valence electrons. The zero-order valence-electron chi connectivity index (χ0n) is 14.8. The van der Waals surface area contributed by atoms with Crippen molar-refractivity contribution in [1.29, 1.82) is 0 Å². The molecule has 1 amide bonds. The van der Waals surface area contributed by atoms with E-state index in [1.54, 1.807) is 36.8 Å². The van der Waals surface area contributed by atoms with Gasteiger partial charge in [-0.3, -0.25) is 0 Å². The van der Waals surface area contributed by atoms with E-state index in [1.807, 2.05) is 0 Å². The van der Waals surface area contributed by atoms with Gasteiger partial charge in [-0.15, -0.1) is 0 Å². The molecule has 9 heteroatoms. The van der Waals surface area contributed by atoms with Gasteiger partial charge in [0, 0.05) is 23.7 Å². The number of carbonyl (C=O) groups is 1. The molecule has 28 heavy (non-hydrogen) atoms. The van der Waals surface area contributed by atoms with E-state index < -0.39 is 6.09 Å². The Balaban J connectivity index is 1.51. The molecule has 2 N–H and O–H groups in total. The zero-order valence-corrected chi connectivity index (χ0v) is 14.8. The van der Waals surface area contributed by atoms with Gasteiger partial charge in [0.1, 0.15) is 23.5 Å². The van der Waals surface area contributed by atoms with Gasteiger partial charge >= 0.3 is 6.09 Å². The van der Waals surface area contributed by atoms with Gasteiger partial charge in [0.15, 0.2) is 5.75 Å². The van der Waals surface area contributed by atoms with E-state index in [-0.39, 0.29) is 17.8 Å². The first-order valence-electron chi connectivity index (χ1n) is 8.84. The predicted octanol–water partition coefficient (Wildman–Crippen LogP) is 2.89. The van der Waals surface area contributed by atoms with Crippen molar-refractivity contribution in [2.24, 2.45) is 5.92 Å². The fraction of sp³-hybridized carbons (Fsp3) is 0.263. The fourth-order valence-electron chi connectivity index (χ4n) is 3.17. The van der Waals surface area contributed by atoms with E-state index >= 15 is 0 Å². The van der Waals surface area contributed by atoms with Crippen LogP contribution in [0.4, 0.5) is 9.18 Å². The summed E-state index contributed by atoms with van der Waals surface area (Å²) in [5.74, 6) is 0.195. The summed E-state index contributed by atoms with van der Waals surface area (Å²) >= 11 is 0. The average Bonchev–Trinajstić information content (AvgIpc) is 3.16. The summed E-state index contributed by atoms with van der Waals surface area (Å²) in [5, 5.41) is 15.6. The number of hydrogen-bond donors (Lipinski definition) is 2. The molecule has 8 nitrogen and oxygen atoms in total. The smallest absolute Gasteiger partial charge is 0.404 e. The van der Waals surface area contributed by atoms with Gasteiger partial charge in [-0.2, -0.15) is 5.10 Å². The highest BCUT2D eigenvalue weighted by Crippen LogP contribution is 2.31. The van der Waals surface area contributed by atoms with Crippen LogP contribution in [0.5, 0.6) is 5.75 Å². The normalized spacial score (nSPS) is 18.3. The lowest BCUT2D eigenvalue weighted by molar-refractivity contribution is 0.120. The lowest BCUT2D eigenvalue weighted by Gasteiger charge is -2.35. The van der Waals surface area contributed by atoms with E-state index in [0.717, 1.165) is 12.8 Å². The third kappa shape index (κ3) is 3.64. The van der Waals surface area contributed by atoms with Crippen molar-refractivity contribution < 1.29 is 19.0 Å². The number of nitrogens with zero attached hydrogens (tertiary/aromatic N) is 4. The van der Waals surface area contributed by atoms with Crippen LogP contribution in [0.15, 0.2) is 49.2 Å². The van der Waals surface area contributed by atoms with Crippen LogP contribution in [0.25, 0.3) is 16.9 Å². The molecule has 2 heterocycles. The number of halogens is 1. The van der Waals surface area contributed by atoms with E-state index in [0.29, 0.717) is 29.3 Å². The Kier molecular flexibility index (Phi) is 4.88. The third-order valence-electron chi connectivity index (χ3n) is 4.81. The maximum Gasteiger partial charge on any atom is 0.404 e. The van der Waals surface area contributed by atoms with Gasteiger partial charge in [0.05, 0.1) is 19.0 Å². The number of hydrogen-bond acceptors (Lipinski definition) is 5. The van der Waals surface area contributed by atoms with Gasteiger partial charge in [-0.1, -0.05) is 12.1 Å². The van der Waals surface area contributed by atoms with Crippen molar-refractivity contribution in [2.75, 3.05) is 6.61 Å². The first kappa shape index (κ1) is 17.9. The quantitative estimate of drug-likeness (QED) is 0.679. The SMILES string of the molecule is O=C(O)N[C@@H]1CC[C@@H]1COc1cncnc1-c1cnn(-c2ccccc2F)c1. The Morgan fingerprint density at radius 1 is 1.32 bits per heavy atom. The number of rotatable bonds is 6. The van der Waals surface area contributed by atoms with Crippen LogP contribution in [-0.2, 0) is 0 Å². The molecule has 0 unspecified atom stereocenters. The summed E-state index contributed by atoms with van der Waals surface area (Å²) in [5.41, 5.74) is 1.54. The van der Waals surface area contributed by atoms with Crippen LogP contribution >= 0.6 is 0 Å². The summed E-state index contributed by atoms with van der Waals surface area (Å²) in [4.78, 5) is 19.1. The van der Waals surface area contributed by atoms with Crippen molar-refractivity contribution in [3.8, 4) is 22.7 Å². The highest BCUT2D eigenvalue weighted by molar-refractivity contribution is 5.65. The number of amides is 1. The Labute approximate surface area is 160 Å². The fourth-order valence-corrected chi connectivity index (χ4v) is 3.17. The van der Waals surface area contributed by atoms with Gasteiger partial charge in [0.2, 0.25) is 0 Å². The molecule has 1 aliphatic carbocycles. The topological polar surface area (TPSA) is 102 Å². The van der Waals surface area contributed by atoms with Crippen LogP contribution in [0.2, 0.25) is 0 Å². The molecule has 3 aromatic rings. The number of aromatic nitrogens is 4. The summed E-state index contributed by atoms with van der Waals surface area (Å²) in [7, 11) is 0. The minimum Gasteiger partial charge on any atom is -0.489 e. The van der Waals surface area contributed by atoms with E-state index in [2.05, 4.69) is 20.4 Å². The van der Waals surface area contributed by atoms with Crippen molar-refractivity contribution >= 4 is 6.09 Å². The molecule has 1 aromatic carbocycles. The largest absolute Gasteiger partial charge is 0.489 e. The van der Waals surface area contributed by atoms with Crippen molar-refractivity contribution in [3.63, 3.8) is 0 Å². The molecule has 1 saturated carbocycles. The Bertz CT molecular complexity index is 993. The predicted molar refractivity (Wildman–Crippen MR) is 97.7 cm³/mol. The summed E-state index contributed by atoms with van der Waals surface area (Å²) in [6, 6.07) is 6.26. The molecule has 0 saturated heterocycles. The second-order valence-corrected chi connectivity index (χ2v) is 6.57. The summed E-state index contributed by atoms with van der Waals surface area (Å²) in [6.07, 6.45) is 6.87. The Morgan fingerprint density at radius 3 is 2.93 bits per heavy atom. The molecule has 2 aromatic heterocycles. The molecule has 1 fully saturated rings. The number of benzene rings is 1. The van der Waals surface area contributed by atoms with Gasteiger partial charge in [-0.25, -0.2) is 23.8 Å². The van der Waals surface area contributed by atoms with Crippen LogP contribution in [0.1, 0.15) is 12.8 Å². The maximum atomic E-state index is 14.0. The van der Waals surface area contributed by atoms with Gasteiger partial charge in [-0.05, 0) is 25.0 Å². The number of ether oxygens (including phenoxy) is 1. The van der Waals surface area contributed by atoms with Crippen molar-refractivity contribution in [3.05, 3.63) is 55.0 Å². The maximum absolute atomic E-state index is 14.0. The van der Waals surface area contributed by atoms with Gasteiger partial charge in [0.25, 0.3) is 0 Å². The number of carboxylic acid groups (broad SMARTS) is 1. The molecular formula is C19H18FN5O3. The first-order chi connectivity index (χ1) is 13.6. The minimum atomic E-state index is -1.03. The molecule has 0 aliphatic heterocycles. The molecule has 2 atom stereocenters. The Morgan fingerprint density at radius 2 is 2.18 bits per heavy atom. The molecule has 0 bridgehead atoms. The van der Waals surface area contributed by atoms with E-state index in [9.17, 15) is 9.18 Å². The van der Waals surface area contributed by atoms with Gasteiger partial charge < -0.3 is 15.2 Å². The average molecular weight is 383 g/mol. The number of para-hydroxylation sites is 1. The van der Waals surface area contributed by atoms with Crippen LogP contribution in [0, 0.1) is 11.7 Å². The van der Waals surface area contributed by atoms with Crippen LogP contribution in [0.3, 0.4) is 0 Å². The highest BCUT2D eigenvalue weighted by Gasteiger charge is 2.32. The summed E-state index contributed by atoms with van der Waals surface area (Å²) < 4.78 is 21.3. The van der Waals surface area contributed by atoms with Crippen LogP contribution < -0.4 is 10.1 Å². The lowest BCUT2D eigenvalue weighted by Crippen LogP contribution is -2.48. The first-order valence-corrected chi connectivity index (χ1v) is 8.84. The second-order valence-electron chi connectivity index (χ2n) is 6.57. The summed E-state index contributed by atoms with van der Waals surface area (Å²) in [6.45, 7) is 0.354. The highest BCUT2D eigenvalue weighted by atomic mass is 19.1. The van der Waals surface area contributed by atoms with Crippen molar-refractivity contribution in [2.45, 2.75) is 18.9 Å². The Hall–Kier alpha value is -3.49. The van der Waals surface area contributed by atoms with Crippen LogP contribution in [-0.4, -0.2) is 43.6 Å². The van der Waals surface area contributed by atoms with E-state index in [1.165, 1.54) is 17.1 Å². The van der Waals surface area contributed by atoms with E-state index in [4.69, 9.17) is 9.84 Å². The molecule has 0 spiro atoms. The monoisotopic (exact) mass is 383 g/mol. The molecular weight excluding hydrogens is 365 g/mol. The standard InChI is InChI=1S/C19H18FN5O3/c20-14-3-1-2-4-16(14)25-9-13(7-23-25)18-17(8-21-11-22-18)28-10-12-5-6-15(12)24-19(26)27/h1-4,7-9,11-12,15,24H,5-6,10H2,(H,26,27)/t12-,15-/m1/s1. The lowest BCUT2D eigenvalue weighted by atomic mass is 9.80. The molecule has 1 aliphatic rings. The van der Waals surface area contributed by atoms with Crippen molar-refractivity contribution in [1.82, 2.24) is 25.1 Å².